The van der Waals surface area contributed by atoms with E-state index in [9.17, 15) is 4.79 Å². The highest BCUT2D eigenvalue weighted by molar-refractivity contribution is 5.91. The predicted octanol–water partition coefficient (Wildman–Crippen LogP) is 4.77. The molecular weight excluding hydrogens is 258 g/mol. The SMILES string of the molecule is CC(C)c1ccccc1NC(=O)CCCc1ccccc1. The van der Waals surface area contributed by atoms with Crippen LogP contribution in [0.25, 0.3) is 0 Å². The maximum Gasteiger partial charge on any atom is 0.224 e. The Kier molecular flexibility index (Phi) is 5.56. The van der Waals surface area contributed by atoms with Gasteiger partial charge in [0.05, 0.1) is 0 Å². The van der Waals surface area contributed by atoms with Crippen LogP contribution in [0.2, 0.25) is 0 Å². The van der Waals surface area contributed by atoms with Gasteiger partial charge >= 0.3 is 0 Å². The van der Waals surface area contributed by atoms with Crippen LogP contribution in [0, 0.1) is 0 Å². The number of carbonyl (C=O) groups excluding carboxylic acids is 1. The van der Waals surface area contributed by atoms with E-state index in [0.717, 1.165) is 18.5 Å². The Balaban J connectivity index is 1.85. The molecule has 2 nitrogen and oxygen atoms in total. The van der Waals surface area contributed by atoms with Gasteiger partial charge in [-0.25, -0.2) is 0 Å². The highest BCUT2D eigenvalue weighted by Crippen LogP contribution is 2.23. The van der Waals surface area contributed by atoms with E-state index in [1.807, 2.05) is 36.4 Å². The average molecular weight is 281 g/mol. The van der Waals surface area contributed by atoms with Crippen LogP contribution in [0.3, 0.4) is 0 Å². The van der Waals surface area contributed by atoms with Crippen molar-refractivity contribution in [2.24, 2.45) is 0 Å². The molecule has 0 aliphatic heterocycles. The molecule has 21 heavy (non-hydrogen) atoms. The van der Waals surface area contributed by atoms with Crippen LogP contribution in [-0.2, 0) is 11.2 Å². The van der Waals surface area contributed by atoms with Gasteiger partial charge in [-0.1, -0.05) is 62.4 Å². The maximum atomic E-state index is 12.1. The summed E-state index contributed by atoms with van der Waals surface area (Å²) < 4.78 is 0. The zero-order valence-corrected chi connectivity index (χ0v) is 12.8. The summed E-state index contributed by atoms with van der Waals surface area (Å²) in [6.07, 6.45) is 2.38. The molecule has 2 aromatic carbocycles. The first-order chi connectivity index (χ1) is 10.2. The van der Waals surface area contributed by atoms with E-state index >= 15 is 0 Å². The normalized spacial score (nSPS) is 10.6. The van der Waals surface area contributed by atoms with Gasteiger partial charge < -0.3 is 5.32 Å². The van der Waals surface area contributed by atoms with Crippen LogP contribution in [0.15, 0.2) is 54.6 Å². The summed E-state index contributed by atoms with van der Waals surface area (Å²) >= 11 is 0. The van der Waals surface area contributed by atoms with Crippen LogP contribution in [0.1, 0.15) is 43.7 Å². The number of benzene rings is 2. The fourth-order valence-electron chi connectivity index (χ4n) is 2.42. The smallest absolute Gasteiger partial charge is 0.224 e. The summed E-state index contributed by atoms with van der Waals surface area (Å²) in [6, 6.07) is 18.3. The van der Waals surface area contributed by atoms with Crippen molar-refractivity contribution in [3.63, 3.8) is 0 Å². The number of rotatable bonds is 6. The minimum absolute atomic E-state index is 0.0963. The molecule has 1 N–H and O–H groups in total. The molecular formula is C19H23NO. The molecule has 0 saturated carbocycles. The Morgan fingerprint density at radius 1 is 1.00 bits per heavy atom. The third-order valence-corrected chi connectivity index (χ3v) is 3.57. The molecule has 0 unspecified atom stereocenters. The van der Waals surface area contributed by atoms with Gasteiger partial charge in [-0.15, -0.1) is 0 Å². The first-order valence-corrected chi connectivity index (χ1v) is 7.59. The lowest BCUT2D eigenvalue weighted by molar-refractivity contribution is -0.116. The topological polar surface area (TPSA) is 29.1 Å². The van der Waals surface area contributed by atoms with Crippen molar-refractivity contribution < 1.29 is 4.79 Å². The average Bonchev–Trinajstić information content (AvgIpc) is 2.48. The van der Waals surface area contributed by atoms with E-state index in [4.69, 9.17) is 0 Å². The summed E-state index contributed by atoms with van der Waals surface area (Å²) in [5.41, 5.74) is 3.42. The van der Waals surface area contributed by atoms with Gasteiger partial charge in [-0.05, 0) is 36.0 Å². The predicted molar refractivity (Wildman–Crippen MR) is 88.5 cm³/mol. The summed E-state index contributed by atoms with van der Waals surface area (Å²) in [4.78, 5) is 12.1. The molecule has 2 aromatic rings. The molecule has 0 aliphatic rings. The molecule has 0 aromatic heterocycles. The third-order valence-electron chi connectivity index (χ3n) is 3.57. The molecule has 0 atom stereocenters. The number of aryl methyl sites for hydroxylation is 1. The minimum Gasteiger partial charge on any atom is -0.326 e. The van der Waals surface area contributed by atoms with Crippen molar-refractivity contribution in [1.29, 1.82) is 0 Å². The number of para-hydroxylation sites is 1. The Hall–Kier alpha value is -2.09. The second kappa shape index (κ2) is 7.63. The fraction of sp³-hybridized carbons (Fsp3) is 0.316. The van der Waals surface area contributed by atoms with E-state index in [-0.39, 0.29) is 5.91 Å². The van der Waals surface area contributed by atoms with Crippen LogP contribution in [0.4, 0.5) is 5.69 Å². The Morgan fingerprint density at radius 2 is 1.67 bits per heavy atom. The number of hydrogen-bond donors (Lipinski definition) is 1. The molecule has 2 heteroatoms. The zero-order chi connectivity index (χ0) is 15.1. The Bertz CT molecular complexity index is 575. The molecule has 0 saturated heterocycles. The quantitative estimate of drug-likeness (QED) is 0.811. The molecule has 0 aliphatic carbocycles. The van der Waals surface area contributed by atoms with Gasteiger partial charge in [0.1, 0.15) is 0 Å². The van der Waals surface area contributed by atoms with Crippen molar-refractivity contribution in [3.8, 4) is 0 Å². The molecule has 2 rings (SSSR count). The first kappa shape index (κ1) is 15.3. The van der Waals surface area contributed by atoms with Crippen LogP contribution >= 0.6 is 0 Å². The van der Waals surface area contributed by atoms with E-state index in [1.54, 1.807) is 0 Å². The van der Waals surface area contributed by atoms with Gasteiger partial charge in [0.25, 0.3) is 0 Å². The van der Waals surface area contributed by atoms with E-state index in [2.05, 4.69) is 37.4 Å². The van der Waals surface area contributed by atoms with Crippen LogP contribution in [-0.4, -0.2) is 5.91 Å². The van der Waals surface area contributed by atoms with Crippen molar-refractivity contribution in [2.45, 2.75) is 39.0 Å². The monoisotopic (exact) mass is 281 g/mol. The summed E-state index contributed by atoms with van der Waals surface area (Å²) in [5.74, 6) is 0.504. The fourth-order valence-corrected chi connectivity index (χ4v) is 2.42. The maximum absolute atomic E-state index is 12.1. The van der Waals surface area contributed by atoms with Gasteiger partial charge in [0.2, 0.25) is 5.91 Å². The van der Waals surface area contributed by atoms with E-state index in [0.29, 0.717) is 12.3 Å². The third kappa shape index (κ3) is 4.75. The number of amides is 1. The second-order valence-corrected chi connectivity index (χ2v) is 5.63. The van der Waals surface area contributed by atoms with Crippen molar-refractivity contribution >= 4 is 11.6 Å². The minimum atomic E-state index is 0.0963. The highest BCUT2D eigenvalue weighted by atomic mass is 16.1. The molecule has 0 fully saturated rings. The highest BCUT2D eigenvalue weighted by Gasteiger charge is 2.08. The summed E-state index contributed by atoms with van der Waals surface area (Å²) in [7, 11) is 0. The lowest BCUT2D eigenvalue weighted by Gasteiger charge is -2.13. The van der Waals surface area contributed by atoms with Gasteiger partial charge in [0, 0.05) is 12.1 Å². The largest absolute Gasteiger partial charge is 0.326 e. The van der Waals surface area contributed by atoms with E-state index in [1.165, 1.54) is 11.1 Å². The second-order valence-electron chi connectivity index (χ2n) is 5.63. The number of nitrogens with one attached hydrogen (secondary N) is 1. The van der Waals surface area contributed by atoms with Crippen LogP contribution < -0.4 is 5.32 Å². The van der Waals surface area contributed by atoms with Crippen molar-refractivity contribution in [2.75, 3.05) is 5.32 Å². The molecule has 0 spiro atoms. The molecule has 0 radical (unpaired) electrons. The van der Waals surface area contributed by atoms with Crippen LogP contribution in [0.5, 0.6) is 0 Å². The molecule has 1 amide bonds. The zero-order valence-electron chi connectivity index (χ0n) is 12.8. The lowest BCUT2D eigenvalue weighted by atomic mass is 10.0. The Morgan fingerprint density at radius 3 is 2.38 bits per heavy atom. The van der Waals surface area contributed by atoms with Crippen molar-refractivity contribution in [1.82, 2.24) is 0 Å². The van der Waals surface area contributed by atoms with Crippen molar-refractivity contribution in [3.05, 3.63) is 65.7 Å². The lowest BCUT2D eigenvalue weighted by Crippen LogP contribution is -2.13. The molecule has 0 heterocycles. The number of anilines is 1. The molecule has 110 valence electrons. The first-order valence-electron chi connectivity index (χ1n) is 7.59. The van der Waals surface area contributed by atoms with E-state index < -0.39 is 0 Å². The van der Waals surface area contributed by atoms with Gasteiger partial charge in [-0.2, -0.15) is 0 Å². The number of carbonyl (C=O) groups is 1. The summed E-state index contributed by atoms with van der Waals surface area (Å²) in [5, 5.41) is 3.04. The Labute approximate surface area is 127 Å². The molecule has 0 bridgehead atoms. The standard InChI is InChI=1S/C19H23NO/c1-15(2)17-12-6-7-13-18(17)20-19(21)14-8-11-16-9-4-3-5-10-16/h3-7,9-10,12-13,15H,8,11,14H2,1-2H3,(H,20,21). The summed E-state index contributed by atoms with van der Waals surface area (Å²) in [6.45, 7) is 4.28. The number of hydrogen-bond acceptors (Lipinski definition) is 1. The van der Waals surface area contributed by atoms with Gasteiger partial charge in [0.15, 0.2) is 0 Å². The van der Waals surface area contributed by atoms with Gasteiger partial charge in [-0.3, -0.25) is 4.79 Å².